The van der Waals surface area contributed by atoms with E-state index < -0.39 is 0 Å². The van der Waals surface area contributed by atoms with Gasteiger partial charge < -0.3 is 14.9 Å². The maximum Gasteiger partial charge on any atom is 0.323 e. The maximum atomic E-state index is 12.6. The summed E-state index contributed by atoms with van der Waals surface area (Å²) in [6.45, 7) is 3.57. The van der Waals surface area contributed by atoms with Gasteiger partial charge in [0.1, 0.15) is 5.75 Å². The van der Waals surface area contributed by atoms with E-state index in [2.05, 4.69) is 11.7 Å². The average molecular weight is 315 g/mol. The summed E-state index contributed by atoms with van der Waals surface area (Å²) in [5.41, 5.74) is 1.40. The molecule has 1 aliphatic rings. The zero-order valence-corrected chi connectivity index (χ0v) is 13.9. The minimum Gasteiger partial charge on any atom is -0.508 e. The van der Waals surface area contributed by atoms with Crippen molar-refractivity contribution >= 4 is 18.4 Å². The van der Waals surface area contributed by atoms with Crippen molar-refractivity contribution in [3.8, 4) is 5.75 Å². The van der Waals surface area contributed by atoms with Crippen LogP contribution in [-0.2, 0) is 0 Å². The van der Waals surface area contributed by atoms with E-state index in [0.29, 0.717) is 11.7 Å². The molecular formula is C18H25N3O2. The second kappa shape index (κ2) is 7.81. The van der Waals surface area contributed by atoms with Crippen molar-refractivity contribution in [3.05, 3.63) is 36.0 Å². The third-order valence-corrected chi connectivity index (χ3v) is 4.38. The fourth-order valence-corrected chi connectivity index (χ4v) is 2.95. The van der Waals surface area contributed by atoms with E-state index in [1.165, 1.54) is 19.3 Å². The number of phenolic OH excluding ortho intramolecular Hbond substituents is 1. The number of carbonyl (C=O) groups is 1. The summed E-state index contributed by atoms with van der Waals surface area (Å²) < 4.78 is 0. The Bertz CT molecular complexity index is 574. The second-order valence-corrected chi connectivity index (χ2v) is 6.02. The molecule has 1 aromatic carbocycles. The highest BCUT2D eigenvalue weighted by atomic mass is 16.3. The highest BCUT2D eigenvalue weighted by Crippen LogP contribution is 2.23. The summed E-state index contributed by atoms with van der Waals surface area (Å²) in [7, 11) is 3.59. The highest BCUT2D eigenvalue weighted by molar-refractivity contribution is 5.78. The van der Waals surface area contributed by atoms with Crippen molar-refractivity contribution in [2.45, 2.75) is 38.1 Å². The molecule has 1 aromatic rings. The number of urea groups is 1. The van der Waals surface area contributed by atoms with E-state index in [9.17, 15) is 9.90 Å². The first kappa shape index (κ1) is 17.1. The Kier molecular flexibility index (Phi) is 5.79. The van der Waals surface area contributed by atoms with Gasteiger partial charge in [-0.25, -0.2) is 4.79 Å². The highest BCUT2D eigenvalue weighted by Gasteiger charge is 2.23. The van der Waals surface area contributed by atoms with Crippen LogP contribution in [0.3, 0.4) is 0 Å². The van der Waals surface area contributed by atoms with E-state index >= 15 is 0 Å². The number of benzene rings is 1. The smallest absolute Gasteiger partial charge is 0.323 e. The predicted molar refractivity (Wildman–Crippen MR) is 93.4 cm³/mol. The Morgan fingerprint density at radius 1 is 1.22 bits per heavy atom. The van der Waals surface area contributed by atoms with Gasteiger partial charge in [-0.2, -0.15) is 0 Å². The fraction of sp³-hybridized carbons (Fsp3) is 0.444. The molecule has 124 valence electrons. The van der Waals surface area contributed by atoms with Gasteiger partial charge in [0.25, 0.3) is 0 Å². The maximum absolute atomic E-state index is 12.6. The van der Waals surface area contributed by atoms with Crippen LogP contribution >= 0.6 is 0 Å². The number of rotatable bonds is 4. The molecule has 0 aliphatic heterocycles. The molecule has 0 aromatic heterocycles. The Hall–Kier alpha value is -2.30. The van der Waals surface area contributed by atoms with Crippen molar-refractivity contribution in [1.29, 1.82) is 0 Å². The number of carbonyl (C=O) groups excluding carboxylic acids is 1. The third kappa shape index (κ3) is 4.34. The van der Waals surface area contributed by atoms with Crippen LogP contribution in [0.4, 0.5) is 4.79 Å². The van der Waals surface area contributed by atoms with Crippen LogP contribution in [0.1, 0.15) is 37.7 Å². The van der Waals surface area contributed by atoms with Crippen LogP contribution in [-0.4, -0.2) is 47.8 Å². The summed E-state index contributed by atoms with van der Waals surface area (Å²) in [6, 6.07) is 6.95. The van der Waals surface area contributed by atoms with Gasteiger partial charge in [0.15, 0.2) is 0 Å². The van der Waals surface area contributed by atoms with Crippen molar-refractivity contribution in [3.63, 3.8) is 0 Å². The second-order valence-electron chi connectivity index (χ2n) is 6.02. The Balaban J connectivity index is 2.10. The molecule has 2 amide bonds. The molecule has 23 heavy (non-hydrogen) atoms. The topological polar surface area (TPSA) is 56.1 Å². The summed E-state index contributed by atoms with van der Waals surface area (Å²) in [6.07, 6.45) is 7.47. The zero-order valence-electron chi connectivity index (χ0n) is 13.9. The first-order valence-corrected chi connectivity index (χ1v) is 8.00. The van der Waals surface area contributed by atoms with Gasteiger partial charge in [0, 0.05) is 31.9 Å². The summed E-state index contributed by atoms with van der Waals surface area (Å²) in [5.74, 6) is 0.193. The molecule has 1 fully saturated rings. The van der Waals surface area contributed by atoms with E-state index in [1.54, 1.807) is 42.4 Å². The minimum absolute atomic E-state index is 0.0446. The van der Waals surface area contributed by atoms with E-state index in [1.807, 2.05) is 11.9 Å². The Morgan fingerprint density at radius 2 is 1.83 bits per heavy atom. The van der Waals surface area contributed by atoms with Gasteiger partial charge in [-0.3, -0.25) is 4.99 Å². The minimum atomic E-state index is -0.0446. The molecule has 0 saturated heterocycles. The van der Waals surface area contributed by atoms with Crippen LogP contribution < -0.4 is 0 Å². The van der Waals surface area contributed by atoms with E-state index in [-0.39, 0.29) is 11.8 Å². The first-order valence-electron chi connectivity index (χ1n) is 8.00. The molecule has 0 radical (unpaired) electrons. The normalized spacial score (nSPS) is 16.0. The molecule has 5 nitrogen and oxygen atoms in total. The molecule has 5 heteroatoms. The van der Waals surface area contributed by atoms with Crippen LogP contribution in [0.2, 0.25) is 0 Å². The lowest BCUT2D eigenvalue weighted by Crippen LogP contribution is -2.43. The van der Waals surface area contributed by atoms with Crippen LogP contribution in [0, 0.1) is 0 Å². The zero-order chi connectivity index (χ0) is 16.8. The molecule has 0 bridgehead atoms. The van der Waals surface area contributed by atoms with Gasteiger partial charge >= 0.3 is 6.03 Å². The molecular weight excluding hydrogens is 290 g/mol. The van der Waals surface area contributed by atoms with Gasteiger partial charge in [-0.15, -0.1) is 0 Å². The number of aromatic hydroxyl groups is 1. The average Bonchev–Trinajstić information content (AvgIpc) is 2.59. The van der Waals surface area contributed by atoms with Crippen LogP contribution in [0.5, 0.6) is 5.75 Å². The number of phenols is 1. The van der Waals surface area contributed by atoms with Gasteiger partial charge in [0.2, 0.25) is 0 Å². The number of aliphatic imine (C=N–C) groups is 1. The molecule has 0 heterocycles. The lowest BCUT2D eigenvalue weighted by Gasteiger charge is -2.33. The lowest BCUT2D eigenvalue weighted by molar-refractivity contribution is 0.154. The van der Waals surface area contributed by atoms with E-state index in [0.717, 1.165) is 18.4 Å². The van der Waals surface area contributed by atoms with Gasteiger partial charge in [0.05, 0.1) is 5.70 Å². The summed E-state index contributed by atoms with van der Waals surface area (Å²) in [4.78, 5) is 20.0. The lowest BCUT2D eigenvalue weighted by atomic mass is 9.95. The molecule has 1 N–H and O–H groups in total. The SMILES string of the molecule is C=NC(=CN(C)C(=O)N(C)C1CCCCC1)c1ccc(O)cc1. The quantitative estimate of drug-likeness (QED) is 0.861. The standard InChI is InChI=1S/C18H25N3O2/c1-19-17(14-9-11-16(22)12-10-14)13-20(2)18(23)21(3)15-7-5-4-6-8-15/h9-13,15,22H,1,4-8H2,2-3H3. The third-order valence-electron chi connectivity index (χ3n) is 4.38. The molecule has 0 unspecified atom stereocenters. The molecule has 1 aliphatic carbocycles. The Labute approximate surface area is 137 Å². The Morgan fingerprint density at radius 3 is 2.39 bits per heavy atom. The van der Waals surface area contributed by atoms with Crippen molar-refractivity contribution in [1.82, 2.24) is 9.80 Å². The van der Waals surface area contributed by atoms with Crippen molar-refractivity contribution in [2.24, 2.45) is 4.99 Å². The van der Waals surface area contributed by atoms with Crippen molar-refractivity contribution in [2.75, 3.05) is 14.1 Å². The number of nitrogens with zero attached hydrogens (tertiary/aromatic N) is 3. The molecule has 0 spiro atoms. The number of amides is 2. The fourth-order valence-electron chi connectivity index (χ4n) is 2.95. The van der Waals surface area contributed by atoms with Crippen LogP contribution in [0.25, 0.3) is 5.70 Å². The summed E-state index contributed by atoms with van der Waals surface area (Å²) >= 11 is 0. The van der Waals surface area contributed by atoms with E-state index in [4.69, 9.17) is 0 Å². The molecule has 0 atom stereocenters. The van der Waals surface area contributed by atoms with Crippen LogP contribution in [0.15, 0.2) is 35.5 Å². The largest absolute Gasteiger partial charge is 0.508 e. The van der Waals surface area contributed by atoms with Gasteiger partial charge in [-0.1, -0.05) is 19.3 Å². The first-order chi connectivity index (χ1) is 11.0. The predicted octanol–water partition coefficient (Wildman–Crippen LogP) is 3.71. The summed E-state index contributed by atoms with van der Waals surface area (Å²) in [5, 5.41) is 9.36. The number of hydrogen-bond acceptors (Lipinski definition) is 3. The monoisotopic (exact) mass is 315 g/mol. The molecule has 1 saturated carbocycles. The number of hydrogen-bond donors (Lipinski definition) is 1. The van der Waals surface area contributed by atoms with Gasteiger partial charge in [-0.05, 0) is 43.8 Å². The molecule has 2 rings (SSSR count). The van der Waals surface area contributed by atoms with Crippen molar-refractivity contribution < 1.29 is 9.90 Å².